The van der Waals surface area contributed by atoms with Gasteiger partial charge in [0.25, 0.3) is 0 Å². The highest BCUT2D eigenvalue weighted by Crippen LogP contribution is 2.53. The summed E-state index contributed by atoms with van der Waals surface area (Å²) in [5, 5.41) is 9.82. The van der Waals surface area contributed by atoms with Crippen LogP contribution in [0, 0.1) is 18.3 Å². The van der Waals surface area contributed by atoms with Gasteiger partial charge in [-0.3, -0.25) is 4.79 Å². The first-order valence-corrected chi connectivity index (χ1v) is 9.66. The molecule has 1 aromatic carbocycles. The topological polar surface area (TPSA) is 40.5 Å². The summed E-state index contributed by atoms with van der Waals surface area (Å²) in [6, 6.07) is 4.37. The quantitative estimate of drug-likeness (QED) is 0.831. The molecule has 1 saturated heterocycles. The fourth-order valence-electron chi connectivity index (χ4n) is 5.35. The monoisotopic (exact) mass is 381 g/mol. The van der Waals surface area contributed by atoms with Gasteiger partial charge in [0.15, 0.2) is 0 Å². The van der Waals surface area contributed by atoms with Gasteiger partial charge in [0.05, 0.1) is 11.2 Å². The smallest absolute Gasteiger partial charge is 0.390 e. The lowest BCUT2D eigenvalue weighted by molar-refractivity contribution is -0.161. The van der Waals surface area contributed by atoms with Crippen LogP contribution >= 0.6 is 0 Å². The Bertz CT molecular complexity index is 757. The molecular formula is C21H26F3NO2. The Balaban J connectivity index is 1.39. The normalized spacial score (nSPS) is 32.3. The zero-order chi connectivity index (χ0) is 19.6. The number of carbonyl (C=O) groups is 1. The lowest BCUT2D eigenvalue weighted by atomic mass is 9.69. The molecule has 2 aliphatic carbocycles. The highest BCUT2D eigenvalue weighted by Gasteiger charge is 2.53. The van der Waals surface area contributed by atoms with E-state index in [1.165, 1.54) is 12.1 Å². The summed E-state index contributed by atoms with van der Waals surface area (Å²) in [7, 11) is 0. The molecule has 1 atom stereocenters. The van der Waals surface area contributed by atoms with E-state index in [1.807, 2.05) is 11.0 Å². The largest absolute Gasteiger partial charge is 0.416 e. The van der Waals surface area contributed by atoms with E-state index in [4.69, 9.17) is 0 Å². The van der Waals surface area contributed by atoms with Crippen LogP contribution in [0.4, 0.5) is 13.2 Å². The van der Waals surface area contributed by atoms with Crippen LogP contribution in [-0.2, 0) is 11.0 Å². The molecule has 0 aromatic heterocycles. The second-order valence-corrected chi connectivity index (χ2v) is 9.37. The van der Waals surface area contributed by atoms with Gasteiger partial charge >= 0.3 is 6.18 Å². The first kappa shape index (κ1) is 18.8. The molecule has 2 saturated carbocycles. The van der Waals surface area contributed by atoms with Crippen molar-refractivity contribution in [3.05, 3.63) is 34.9 Å². The lowest BCUT2D eigenvalue weighted by Crippen LogP contribution is -2.61. The zero-order valence-electron chi connectivity index (χ0n) is 15.8. The number of aliphatic hydroxyl groups is 1. The molecule has 1 amide bonds. The molecule has 0 radical (unpaired) electrons. The van der Waals surface area contributed by atoms with Crippen LogP contribution in [0.3, 0.4) is 0 Å². The minimum atomic E-state index is -4.32. The summed E-state index contributed by atoms with van der Waals surface area (Å²) >= 11 is 0. The average Bonchev–Trinajstić information content (AvgIpc) is 2.94. The standard InChI is InChI=1S/C21H26F3NO2/c1-13-5-15(7-17(6-13)21(22,23)24)14-3-4-20(10-14)11-25(12-20)18(26)16-8-19(2,27)9-16/h5-7,14,16,27H,3-4,8-12H2,1-2H3. The number of hydrogen-bond donors (Lipinski definition) is 1. The van der Waals surface area contributed by atoms with Gasteiger partial charge in [-0.1, -0.05) is 11.6 Å². The summed E-state index contributed by atoms with van der Waals surface area (Å²) in [5.74, 6) is 0.193. The molecule has 27 heavy (non-hydrogen) atoms. The van der Waals surface area contributed by atoms with Gasteiger partial charge in [0, 0.05) is 24.4 Å². The maximum atomic E-state index is 13.1. The second kappa shape index (κ2) is 5.97. The third-order valence-electron chi connectivity index (χ3n) is 6.69. The molecule has 3 fully saturated rings. The number of rotatable bonds is 2. The highest BCUT2D eigenvalue weighted by atomic mass is 19.4. The maximum absolute atomic E-state index is 13.1. The Labute approximate surface area is 157 Å². The van der Waals surface area contributed by atoms with E-state index in [9.17, 15) is 23.1 Å². The van der Waals surface area contributed by atoms with E-state index < -0.39 is 17.3 Å². The van der Waals surface area contributed by atoms with Crippen LogP contribution in [0.5, 0.6) is 0 Å². The molecule has 1 aliphatic heterocycles. The number of nitrogens with zero attached hydrogens (tertiary/aromatic N) is 1. The number of likely N-dealkylation sites (tertiary alicyclic amines) is 1. The Morgan fingerprint density at radius 3 is 2.44 bits per heavy atom. The van der Waals surface area contributed by atoms with Crippen LogP contribution in [0.1, 0.15) is 61.6 Å². The third-order valence-corrected chi connectivity index (χ3v) is 6.69. The van der Waals surface area contributed by atoms with Crippen molar-refractivity contribution < 1.29 is 23.1 Å². The van der Waals surface area contributed by atoms with E-state index in [2.05, 4.69) is 0 Å². The summed E-state index contributed by atoms with van der Waals surface area (Å²) < 4.78 is 39.3. The summed E-state index contributed by atoms with van der Waals surface area (Å²) in [4.78, 5) is 14.4. The van der Waals surface area contributed by atoms with Gasteiger partial charge in [0.2, 0.25) is 5.91 Å². The van der Waals surface area contributed by atoms with Gasteiger partial charge in [-0.25, -0.2) is 0 Å². The van der Waals surface area contributed by atoms with E-state index >= 15 is 0 Å². The molecule has 4 rings (SSSR count). The van der Waals surface area contributed by atoms with Crippen molar-refractivity contribution in [1.82, 2.24) is 4.90 Å². The minimum Gasteiger partial charge on any atom is -0.390 e. The van der Waals surface area contributed by atoms with Crippen LogP contribution in [0.2, 0.25) is 0 Å². The van der Waals surface area contributed by atoms with Crippen molar-refractivity contribution in [1.29, 1.82) is 0 Å². The average molecular weight is 381 g/mol. The number of amides is 1. The van der Waals surface area contributed by atoms with Crippen molar-refractivity contribution in [2.24, 2.45) is 11.3 Å². The molecule has 1 spiro atoms. The van der Waals surface area contributed by atoms with Crippen molar-refractivity contribution >= 4 is 5.91 Å². The molecule has 1 unspecified atom stereocenters. The number of halogens is 3. The van der Waals surface area contributed by atoms with Gasteiger partial charge in [-0.2, -0.15) is 13.2 Å². The zero-order valence-corrected chi connectivity index (χ0v) is 15.8. The lowest BCUT2D eigenvalue weighted by Gasteiger charge is -2.52. The Morgan fingerprint density at radius 1 is 1.19 bits per heavy atom. The molecule has 1 aromatic rings. The first-order valence-electron chi connectivity index (χ1n) is 9.66. The SMILES string of the molecule is Cc1cc(C2CCC3(C2)CN(C(=O)C2CC(C)(O)C2)C3)cc(C(F)(F)F)c1. The summed E-state index contributed by atoms with van der Waals surface area (Å²) in [5.41, 5.74) is 0.209. The van der Waals surface area contributed by atoms with E-state index in [-0.39, 0.29) is 23.2 Å². The number of benzene rings is 1. The van der Waals surface area contributed by atoms with Gasteiger partial charge in [-0.05, 0) is 69.6 Å². The van der Waals surface area contributed by atoms with E-state index in [0.717, 1.165) is 24.8 Å². The van der Waals surface area contributed by atoms with Gasteiger partial charge in [-0.15, -0.1) is 0 Å². The molecule has 0 bridgehead atoms. The fraction of sp³-hybridized carbons (Fsp3) is 0.667. The Kier molecular flexibility index (Phi) is 4.15. The summed E-state index contributed by atoms with van der Waals surface area (Å²) in [6.07, 6.45) is -0.580. The Hall–Kier alpha value is -1.56. The highest BCUT2D eigenvalue weighted by molar-refractivity contribution is 5.81. The summed E-state index contributed by atoms with van der Waals surface area (Å²) in [6.45, 7) is 4.88. The Morgan fingerprint density at radius 2 is 1.85 bits per heavy atom. The van der Waals surface area contributed by atoms with Gasteiger partial charge < -0.3 is 10.0 Å². The van der Waals surface area contributed by atoms with Crippen molar-refractivity contribution in [2.75, 3.05) is 13.1 Å². The molecule has 6 heteroatoms. The number of hydrogen-bond acceptors (Lipinski definition) is 2. The second-order valence-electron chi connectivity index (χ2n) is 9.37. The predicted octanol–water partition coefficient (Wildman–Crippen LogP) is 4.27. The molecular weight excluding hydrogens is 355 g/mol. The van der Waals surface area contributed by atoms with Crippen LogP contribution < -0.4 is 0 Å². The maximum Gasteiger partial charge on any atom is 0.416 e. The van der Waals surface area contributed by atoms with Crippen LogP contribution in [0.25, 0.3) is 0 Å². The molecule has 3 aliphatic rings. The molecule has 1 N–H and O–H groups in total. The van der Waals surface area contributed by atoms with Crippen molar-refractivity contribution in [3.8, 4) is 0 Å². The molecule has 3 nitrogen and oxygen atoms in total. The third kappa shape index (κ3) is 3.48. The number of carbonyl (C=O) groups excluding carboxylic acids is 1. The number of alkyl halides is 3. The number of aryl methyl sites for hydroxylation is 1. The van der Waals surface area contributed by atoms with Crippen molar-refractivity contribution in [3.63, 3.8) is 0 Å². The minimum absolute atomic E-state index is 0.0642. The first-order chi connectivity index (χ1) is 12.5. The van der Waals surface area contributed by atoms with Crippen LogP contribution in [0.15, 0.2) is 18.2 Å². The molecule has 1 heterocycles. The molecule has 148 valence electrons. The van der Waals surface area contributed by atoms with Crippen molar-refractivity contribution in [2.45, 2.75) is 63.6 Å². The van der Waals surface area contributed by atoms with Gasteiger partial charge in [0.1, 0.15) is 0 Å². The predicted molar refractivity (Wildman–Crippen MR) is 95.1 cm³/mol. The van der Waals surface area contributed by atoms with Crippen LogP contribution in [-0.4, -0.2) is 34.6 Å². The van der Waals surface area contributed by atoms with E-state index in [1.54, 1.807) is 13.8 Å². The fourth-order valence-corrected chi connectivity index (χ4v) is 5.35. The van der Waals surface area contributed by atoms with E-state index in [0.29, 0.717) is 31.5 Å².